The van der Waals surface area contributed by atoms with Gasteiger partial charge in [-0.2, -0.15) is 0 Å². The van der Waals surface area contributed by atoms with Crippen LogP contribution in [-0.2, 0) is 11.8 Å². The molecule has 0 aliphatic carbocycles. The van der Waals surface area contributed by atoms with E-state index in [1.165, 1.54) is 17.9 Å². The van der Waals surface area contributed by atoms with Crippen LogP contribution in [0.4, 0.5) is 0 Å². The van der Waals surface area contributed by atoms with Gasteiger partial charge in [0.25, 0.3) is 0 Å². The van der Waals surface area contributed by atoms with Gasteiger partial charge in [-0.25, -0.2) is 9.48 Å². The molecule has 0 fully saturated rings. The predicted molar refractivity (Wildman–Crippen MR) is 33.6 cm³/mol. The number of hydrogen-bond donors (Lipinski definition) is 2. The minimum absolute atomic E-state index is 0.164. The van der Waals surface area contributed by atoms with E-state index in [2.05, 4.69) is 10.3 Å². The first-order valence-corrected chi connectivity index (χ1v) is 2.88. The topological polar surface area (TPSA) is 88.2 Å². The van der Waals surface area contributed by atoms with Crippen LogP contribution in [0.25, 0.3) is 0 Å². The first-order chi connectivity index (χ1) is 5.13. The van der Waals surface area contributed by atoms with Gasteiger partial charge in [0, 0.05) is 7.05 Å². The van der Waals surface area contributed by atoms with Gasteiger partial charge >= 0.3 is 5.97 Å². The largest absolute Gasteiger partial charge is 0.479 e. The van der Waals surface area contributed by atoms with Crippen molar-refractivity contribution in [2.75, 3.05) is 0 Å². The van der Waals surface area contributed by atoms with Crippen LogP contribution in [-0.4, -0.2) is 31.2 Å². The van der Waals surface area contributed by atoms with Crippen molar-refractivity contribution in [2.24, 2.45) is 7.05 Å². The molecule has 6 nitrogen and oxygen atoms in total. The lowest BCUT2D eigenvalue weighted by Crippen LogP contribution is -2.14. The Balaban J connectivity index is 2.92. The van der Waals surface area contributed by atoms with E-state index in [1.807, 2.05) is 0 Å². The summed E-state index contributed by atoms with van der Waals surface area (Å²) in [5.41, 5.74) is 0.164. The number of aliphatic hydroxyl groups is 1. The molecule has 0 aromatic carbocycles. The van der Waals surface area contributed by atoms with Gasteiger partial charge in [0.1, 0.15) is 0 Å². The molecule has 1 heterocycles. The van der Waals surface area contributed by atoms with E-state index in [9.17, 15) is 4.79 Å². The predicted octanol–water partition coefficient (Wildman–Crippen LogP) is -1.07. The van der Waals surface area contributed by atoms with Crippen molar-refractivity contribution in [1.29, 1.82) is 0 Å². The summed E-state index contributed by atoms with van der Waals surface area (Å²) in [5, 5.41) is 24.2. The lowest BCUT2D eigenvalue weighted by atomic mass is 10.3. The van der Waals surface area contributed by atoms with Gasteiger partial charge < -0.3 is 10.2 Å². The average molecular weight is 157 g/mol. The van der Waals surface area contributed by atoms with Crippen molar-refractivity contribution >= 4 is 5.97 Å². The third-order valence-electron chi connectivity index (χ3n) is 1.26. The van der Waals surface area contributed by atoms with Crippen molar-refractivity contribution in [2.45, 2.75) is 6.10 Å². The average Bonchev–Trinajstić information content (AvgIpc) is 2.33. The van der Waals surface area contributed by atoms with Gasteiger partial charge in [0.05, 0.1) is 11.9 Å². The quantitative estimate of drug-likeness (QED) is 0.570. The second-order valence-electron chi connectivity index (χ2n) is 2.02. The zero-order valence-corrected chi connectivity index (χ0v) is 5.80. The first-order valence-electron chi connectivity index (χ1n) is 2.88. The molecule has 0 saturated heterocycles. The number of hydrogen-bond acceptors (Lipinski definition) is 4. The second-order valence-corrected chi connectivity index (χ2v) is 2.02. The van der Waals surface area contributed by atoms with Crippen LogP contribution >= 0.6 is 0 Å². The molecule has 0 amide bonds. The maximum atomic E-state index is 10.2. The smallest absolute Gasteiger partial charge is 0.338 e. The summed E-state index contributed by atoms with van der Waals surface area (Å²) >= 11 is 0. The summed E-state index contributed by atoms with van der Waals surface area (Å²) < 4.78 is 1.21. The Morgan fingerprint density at radius 2 is 2.45 bits per heavy atom. The van der Waals surface area contributed by atoms with E-state index in [0.717, 1.165) is 0 Å². The summed E-state index contributed by atoms with van der Waals surface area (Å²) in [7, 11) is 1.51. The molecule has 1 unspecified atom stereocenters. The lowest BCUT2D eigenvalue weighted by Gasteiger charge is -2.02. The Kier molecular flexibility index (Phi) is 1.86. The molecule has 2 N–H and O–H groups in total. The Morgan fingerprint density at radius 3 is 2.82 bits per heavy atom. The summed E-state index contributed by atoms with van der Waals surface area (Å²) in [4.78, 5) is 10.2. The molecular weight excluding hydrogens is 150 g/mol. The fourth-order valence-electron chi connectivity index (χ4n) is 0.672. The van der Waals surface area contributed by atoms with Gasteiger partial charge in [0.2, 0.25) is 0 Å². The van der Waals surface area contributed by atoms with Gasteiger partial charge in [-0.05, 0) is 0 Å². The molecule has 0 aliphatic rings. The van der Waals surface area contributed by atoms with Crippen LogP contribution in [0.15, 0.2) is 6.20 Å². The molecule has 11 heavy (non-hydrogen) atoms. The van der Waals surface area contributed by atoms with Crippen LogP contribution in [0.3, 0.4) is 0 Å². The summed E-state index contributed by atoms with van der Waals surface area (Å²) in [6.45, 7) is 0. The number of nitrogens with zero attached hydrogens (tertiary/aromatic N) is 3. The Labute approximate surface area is 62.1 Å². The van der Waals surface area contributed by atoms with Crippen molar-refractivity contribution < 1.29 is 15.0 Å². The highest BCUT2D eigenvalue weighted by molar-refractivity contribution is 5.73. The third kappa shape index (κ3) is 1.35. The normalized spacial score (nSPS) is 12.9. The van der Waals surface area contributed by atoms with Crippen LogP contribution in [0.1, 0.15) is 11.8 Å². The van der Waals surface area contributed by atoms with E-state index in [0.29, 0.717) is 0 Å². The minimum Gasteiger partial charge on any atom is -0.479 e. The zero-order valence-electron chi connectivity index (χ0n) is 5.80. The van der Waals surface area contributed by atoms with Crippen LogP contribution < -0.4 is 0 Å². The number of carbonyl (C=O) groups is 1. The number of aliphatic carboxylic acids is 1. The molecule has 1 aromatic rings. The van der Waals surface area contributed by atoms with Gasteiger partial charge in [-0.1, -0.05) is 5.21 Å². The van der Waals surface area contributed by atoms with E-state index >= 15 is 0 Å². The molecule has 0 spiro atoms. The molecular formula is C5H7N3O3. The molecule has 1 atom stereocenters. The number of carboxylic acids is 1. The molecule has 0 bridgehead atoms. The standard InChI is InChI=1S/C5H7N3O3/c1-8-3(2-6-7-8)4(9)5(10)11/h2,4,9H,1H3,(H,10,11). The molecule has 60 valence electrons. The number of aromatic nitrogens is 3. The Morgan fingerprint density at radius 1 is 1.82 bits per heavy atom. The molecule has 6 heteroatoms. The van der Waals surface area contributed by atoms with Crippen molar-refractivity contribution in [3.8, 4) is 0 Å². The zero-order chi connectivity index (χ0) is 8.43. The van der Waals surface area contributed by atoms with Crippen molar-refractivity contribution in [3.05, 3.63) is 11.9 Å². The van der Waals surface area contributed by atoms with E-state index in [-0.39, 0.29) is 5.69 Å². The highest BCUT2D eigenvalue weighted by atomic mass is 16.4. The number of aryl methyl sites for hydroxylation is 1. The third-order valence-corrected chi connectivity index (χ3v) is 1.26. The fourth-order valence-corrected chi connectivity index (χ4v) is 0.672. The van der Waals surface area contributed by atoms with Gasteiger partial charge in [-0.15, -0.1) is 5.10 Å². The first kappa shape index (κ1) is 7.67. The second kappa shape index (κ2) is 2.67. The van der Waals surface area contributed by atoms with Crippen molar-refractivity contribution in [3.63, 3.8) is 0 Å². The van der Waals surface area contributed by atoms with Crippen molar-refractivity contribution in [1.82, 2.24) is 15.0 Å². The summed E-state index contributed by atoms with van der Waals surface area (Å²) in [6.07, 6.45) is -0.339. The Bertz CT molecular complexity index is 270. The molecule has 1 rings (SSSR count). The number of aliphatic hydroxyl groups excluding tert-OH is 1. The van der Waals surface area contributed by atoms with E-state index < -0.39 is 12.1 Å². The maximum absolute atomic E-state index is 10.2. The molecule has 0 aliphatic heterocycles. The number of rotatable bonds is 2. The SMILES string of the molecule is Cn1nncc1C(O)C(=O)O. The summed E-state index contributed by atoms with van der Waals surface area (Å²) in [5.74, 6) is -1.31. The fraction of sp³-hybridized carbons (Fsp3) is 0.400. The van der Waals surface area contributed by atoms with Crippen LogP contribution in [0.2, 0.25) is 0 Å². The highest BCUT2D eigenvalue weighted by Crippen LogP contribution is 2.08. The lowest BCUT2D eigenvalue weighted by molar-refractivity contribution is -0.147. The van der Waals surface area contributed by atoms with E-state index in [1.54, 1.807) is 0 Å². The molecule has 0 radical (unpaired) electrons. The Hall–Kier alpha value is -1.43. The van der Waals surface area contributed by atoms with Gasteiger partial charge in [-0.3, -0.25) is 0 Å². The van der Waals surface area contributed by atoms with E-state index in [4.69, 9.17) is 10.2 Å². The van der Waals surface area contributed by atoms with Gasteiger partial charge in [0.15, 0.2) is 6.10 Å². The van der Waals surface area contributed by atoms with Crippen LogP contribution in [0, 0.1) is 0 Å². The summed E-state index contributed by atoms with van der Waals surface area (Å²) in [6, 6.07) is 0. The monoisotopic (exact) mass is 157 g/mol. The van der Waals surface area contributed by atoms with Crippen LogP contribution in [0.5, 0.6) is 0 Å². The highest BCUT2D eigenvalue weighted by Gasteiger charge is 2.19. The molecule has 1 aromatic heterocycles. The minimum atomic E-state index is -1.55. The molecule has 0 saturated carbocycles. The maximum Gasteiger partial charge on any atom is 0.338 e. The number of carboxylic acid groups (broad SMARTS) is 1.